The van der Waals surface area contributed by atoms with E-state index in [1.54, 1.807) is 6.20 Å². The largest absolute Gasteiger partial charge is 0.316 e. The standard InChI is InChI=1S/C10H12FN3/c1-12-5-8-3-2-4-10-9(8)6-13-14(10)7-11/h2-4,6,12H,5,7H2,1H3. The number of alkyl halides is 1. The molecule has 1 aromatic carbocycles. The summed E-state index contributed by atoms with van der Waals surface area (Å²) in [5.74, 6) is 0. The fourth-order valence-corrected chi connectivity index (χ4v) is 1.60. The van der Waals surface area contributed by atoms with Crippen molar-refractivity contribution in [3.8, 4) is 0 Å². The van der Waals surface area contributed by atoms with Gasteiger partial charge in [0.15, 0.2) is 6.80 Å². The maximum atomic E-state index is 12.5. The molecule has 1 heterocycles. The van der Waals surface area contributed by atoms with Crippen LogP contribution < -0.4 is 5.32 Å². The zero-order chi connectivity index (χ0) is 9.97. The highest BCUT2D eigenvalue weighted by atomic mass is 19.1. The van der Waals surface area contributed by atoms with Crippen molar-refractivity contribution in [1.82, 2.24) is 15.1 Å². The van der Waals surface area contributed by atoms with Crippen LogP contribution in [0.1, 0.15) is 5.56 Å². The van der Waals surface area contributed by atoms with E-state index in [1.807, 2.05) is 25.2 Å². The minimum absolute atomic E-state index is 0.577. The first-order valence-electron chi connectivity index (χ1n) is 4.51. The first kappa shape index (κ1) is 9.15. The summed E-state index contributed by atoms with van der Waals surface area (Å²) in [6, 6.07) is 5.81. The van der Waals surface area contributed by atoms with E-state index in [9.17, 15) is 4.39 Å². The van der Waals surface area contributed by atoms with Gasteiger partial charge in [-0.3, -0.25) is 0 Å². The molecule has 14 heavy (non-hydrogen) atoms. The van der Waals surface area contributed by atoms with Crippen LogP contribution in [0.15, 0.2) is 24.4 Å². The van der Waals surface area contributed by atoms with Crippen molar-refractivity contribution in [1.29, 1.82) is 0 Å². The number of nitrogens with one attached hydrogen (secondary N) is 1. The zero-order valence-electron chi connectivity index (χ0n) is 8.00. The molecule has 0 spiro atoms. The van der Waals surface area contributed by atoms with E-state index in [4.69, 9.17) is 0 Å². The second kappa shape index (κ2) is 3.75. The third-order valence-corrected chi connectivity index (χ3v) is 2.26. The molecule has 0 saturated heterocycles. The minimum Gasteiger partial charge on any atom is -0.316 e. The molecule has 0 amide bonds. The summed E-state index contributed by atoms with van der Waals surface area (Å²) < 4.78 is 13.8. The molecule has 74 valence electrons. The average molecular weight is 193 g/mol. The predicted molar refractivity (Wildman–Crippen MR) is 53.6 cm³/mol. The lowest BCUT2D eigenvalue weighted by Gasteiger charge is -2.02. The fourth-order valence-electron chi connectivity index (χ4n) is 1.60. The Morgan fingerprint density at radius 2 is 2.36 bits per heavy atom. The van der Waals surface area contributed by atoms with E-state index in [2.05, 4.69) is 10.4 Å². The molecule has 0 aliphatic carbocycles. The Labute approximate surface area is 81.5 Å². The van der Waals surface area contributed by atoms with Crippen molar-refractivity contribution in [3.63, 3.8) is 0 Å². The van der Waals surface area contributed by atoms with Crippen molar-refractivity contribution in [2.45, 2.75) is 13.3 Å². The summed E-state index contributed by atoms with van der Waals surface area (Å²) in [7, 11) is 1.89. The van der Waals surface area contributed by atoms with Crippen LogP contribution in [0.4, 0.5) is 4.39 Å². The maximum absolute atomic E-state index is 12.5. The van der Waals surface area contributed by atoms with Gasteiger partial charge in [0.1, 0.15) is 0 Å². The summed E-state index contributed by atoms with van der Waals surface area (Å²) in [6.45, 7) is 0.196. The lowest BCUT2D eigenvalue weighted by molar-refractivity contribution is 0.358. The number of halogens is 1. The van der Waals surface area contributed by atoms with Gasteiger partial charge in [0.05, 0.1) is 11.7 Å². The van der Waals surface area contributed by atoms with Gasteiger partial charge in [0, 0.05) is 11.9 Å². The number of benzene rings is 1. The van der Waals surface area contributed by atoms with Crippen LogP contribution in [0.3, 0.4) is 0 Å². The Morgan fingerprint density at radius 3 is 3.07 bits per heavy atom. The summed E-state index contributed by atoms with van der Waals surface area (Å²) in [5, 5.41) is 8.06. The molecule has 3 nitrogen and oxygen atoms in total. The van der Waals surface area contributed by atoms with Gasteiger partial charge in [-0.2, -0.15) is 5.10 Å². The molecule has 0 radical (unpaired) electrons. The number of aromatic nitrogens is 2. The van der Waals surface area contributed by atoms with E-state index in [1.165, 1.54) is 4.68 Å². The summed E-state index contributed by atoms with van der Waals surface area (Å²) in [5.41, 5.74) is 1.99. The predicted octanol–water partition coefficient (Wildman–Crippen LogP) is 1.68. The summed E-state index contributed by atoms with van der Waals surface area (Å²) >= 11 is 0. The number of nitrogens with zero attached hydrogens (tertiary/aromatic N) is 2. The Kier molecular flexibility index (Phi) is 2.45. The molecule has 0 bridgehead atoms. The fraction of sp³-hybridized carbons (Fsp3) is 0.300. The van der Waals surface area contributed by atoms with Crippen molar-refractivity contribution in [2.24, 2.45) is 0 Å². The minimum atomic E-state index is -0.577. The van der Waals surface area contributed by atoms with E-state index < -0.39 is 6.80 Å². The molecule has 1 aromatic heterocycles. The van der Waals surface area contributed by atoms with Crippen LogP contribution in [-0.2, 0) is 13.3 Å². The van der Waals surface area contributed by atoms with E-state index in [-0.39, 0.29) is 0 Å². The molecule has 2 aromatic rings. The highest BCUT2D eigenvalue weighted by Gasteiger charge is 2.05. The van der Waals surface area contributed by atoms with E-state index in [0.717, 1.165) is 23.0 Å². The molecule has 1 N–H and O–H groups in total. The smallest absolute Gasteiger partial charge is 0.182 e. The van der Waals surface area contributed by atoms with Crippen LogP contribution >= 0.6 is 0 Å². The van der Waals surface area contributed by atoms with Crippen molar-refractivity contribution < 1.29 is 4.39 Å². The number of rotatable bonds is 3. The molecule has 0 unspecified atom stereocenters. The topological polar surface area (TPSA) is 29.9 Å². The van der Waals surface area contributed by atoms with Gasteiger partial charge in [0.2, 0.25) is 0 Å². The SMILES string of the molecule is CNCc1cccc2c1cnn2CF. The molecule has 0 saturated carbocycles. The third kappa shape index (κ3) is 1.37. The lowest BCUT2D eigenvalue weighted by atomic mass is 10.1. The highest BCUT2D eigenvalue weighted by Crippen LogP contribution is 2.18. The Balaban J connectivity index is 2.58. The van der Waals surface area contributed by atoms with Crippen LogP contribution in [0, 0.1) is 0 Å². The van der Waals surface area contributed by atoms with Gasteiger partial charge in [-0.25, -0.2) is 9.07 Å². The van der Waals surface area contributed by atoms with Crippen molar-refractivity contribution in [3.05, 3.63) is 30.0 Å². The van der Waals surface area contributed by atoms with Crippen LogP contribution in [0.25, 0.3) is 10.9 Å². The van der Waals surface area contributed by atoms with Crippen molar-refractivity contribution >= 4 is 10.9 Å². The maximum Gasteiger partial charge on any atom is 0.182 e. The van der Waals surface area contributed by atoms with Gasteiger partial charge in [-0.05, 0) is 18.7 Å². The van der Waals surface area contributed by atoms with E-state index >= 15 is 0 Å². The highest BCUT2D eigenvalue weighted by molar-refractivity contribution is 5.82. The number of hydrogen-bond donors (Lipinski definition) is 1. The molecule has 0 atom stereocenters. The Hall–Kier alpha value is -1.42. The van der Waals surface area contributed by atoms with Gasteiger partial charge in [-0.1, -0.05) is 12.1 Å². The molecule has 2 rings (SSSR count). The van der Waals surface area contributed by atoms with Crippen LogP contribution in [0.2, 0.25) is 0 Å². The van der Waals surface area contributed by atoms with Gasteiger partial charge >= 0.3 is 0 Å². The first-order valence-corrected chi connectivity index (χ1v) is 4.51. The van der Waals surface area contributed by atoms with Crippen LogP contribution in [0.5, 0.6) is 0 Å². The lowest BCUT2D eigenvalue weighted by Crippen LogP contribution is -2.05. The third-order valence-electron chi connectivity index (χ3n) is 2.26. The number of fused-ring (bicyclic) bond motifs is 1. The Morgan fingerprint density at radius 1 is 1.50 bits per heavy atom. The number of hydrogen-bond acceptors (Lipinski definition) is 2. The quantitative estimate of drug-likeness (QED) is 0.803. The first-order chi connectivity index (χ1) is 6.86. The summed E-state index contributed by atoms with van der Waals surface area (Å²) in [4.78, 5) is 0. The molecule has 0 aliphatic rings. The van der Waals surface area contributed by atoms with Crippen LogP contribution in [-0.4, -0.2) is 16.8 Å². The van der Waals surface area contributed by atoms with E-state index in [0.29, 0.717) is 0 Å². The normalized spacial score (nSPS) is 11.0. The molecule has 0 fully saturated rings. The van der Waals surface area contributed by atoms with Gasteiger partial charge in [0.25, 0.3) is 0 Å². The molecule has 4 heteroatoms. The second-order valence-electron chi connectivity index (χ2n) is 3.14. The molecule has 0 aliphatic heterocycles. The molecular weight excluding hydrogens is 181 g/mol. The van der Waals surface area contributed by atoms with Gasteiger partial charge in [-0.15, -0.1) is 0 Å². The summed E-state index contributed by atoms with van der Waals surface area (Å²) in [6.07, 6.45) is 1.71. The Bertz CT molecular complexity index is 436. The second-order valence-corrected chi connectivity index (χ2v) is 3.14. The average Bonchev–Trinajstić information content (AvgIpc) is 2.62. The molecular formula is C10H12FN3. The monoisotopic (exact) mass is 193 g/mol. The van der Waals surface area contributed by atoms with Gasteiger partial charge < -0.3 is 5.32 Å². The van der Waals surface area contributed by atoms with Crippen molar-refractivity contribution in [2.75, 3.05) is 7.05 Å². The zero-order valence-corrected chi connectivity index (χ0v) is 8.00.